The summed E-state index contributed by atoms with van der Waals surface area (Å²) in [5.74, 6) is 0.254. The van der Waals surface area contributed by atoms with E-state index in [1.165, 1.54) is 6.07 Å². The lowest BCUT2D eigenvalue weighted by Gasteiger charge is -2.33. The van der Waals surface area contributed by atoms with Crippen molar-refractivity contribution < 1.29 is 9.13 Å². The van der Waals surface area contributed by atoms with Gasteiger partial charge in [-0.1, -0.05) is 6.07 Å². The quantitative estimate of drug-likeness (QED) is 0.840. The molecule has 3 nitrogen and oxygen atoms in total. The van der Waals surface area contributed by atoms with Gasteiger partial charge in [-0.25, -0.2) is 4.39 Å². The van der Waals surface area contributed by atoms with Crippen LogP contribution in [0.5, 0.6) is 5.75 Å². The van der Waals surface area contributed by atoms with Crippen LogP contribution in [0.4, 0.5) is 4.39 Å². The highest BCUT2D eigenvalue weighted by atomic mass is 19.1. The molecule has 1 fully saturated rings. The lowest BCUT2D eigenvalue weighted by molar-refractivity contribution is 0.0896. The minimum Gasteiger partial charge on any atom is -0.489 e. The summed E-state index contributed by atoms with van der Waals surface area (Å²) in [5.41, 5.74) is -0.00138. The monoisotopic (exact) mass is 262 g/mol. The SMILES string of the molecule is CC(Oc1cccc(F)c1C#N)C1CCCN(C)C1. The van der Waals surface area contributed by atoms with Crippen LogP contribution < -0.4 is 4.74 Å². The third-order valence-corrected chi connectivity index (χ3v) is 3.72. The fourth-order valence-corrected chi connectivity index (χ4v) is 2.60. The Morgan fingerprint density at radius 3 is 3.00 bits per heavy atom. The topological polar surface area (TPSA) is 36.3 Å². The lowest BCUT2D eigenvalue weighted by Crippen LogP contribution is -2.39. The molecule has 0 radical (unpaired) electrons. The fourth-order valence-electron chi connectivity index (χ4n) is 2.60. The molecule has 0 bridgehead atoms. The zero-order valence-corrected chi connectivity index (χ0v) is 11.4. The third-order valence-electron chi connectivity index (χ3n) is 3.72. The molecule has 1 heterocycles. The van der Waals surface area contributed by atoms with Crippen LogP contribution in [0, 0.1) is 23.1 Å². The number of ether oxygens (including phenoxy) is 1. The molecule has 19 heavy (non-hydrogen) atoms. The van der Waals surface area contributed by atoms with Crippen LogP contribution in [-0.4, -0.2) is 31.1 Å². The fraction of sp³-hybridized carbons (Fsp3) is 0.533. The molecule has 0 N–H and O–H groups in total. The Kier molecular flexibility index (Phi) is 4.39. The average molecular weight is 262 g/mol. The van der Waals surface area contributed by atoms with E-state index in [4.69, 9.17) is 10.00 Å². The van der Waals surface area contributed by atoms with E-state index in [-0.39, 0.29) is 11.7 Å². The molecular formula is C15H19FN2O. The van der Waals surface area contributed by atoms with Crippen LogP contribution in [0.25, 0.3) is 0 Å². The van der Waals surface area contributed by atoms with E-state index in [2.05, 4.69) is 11.9 Å². The van der Waals surface area contributed by atoms with Gasteiger partial charge in [-0.3, -0.25) is 0 Å². The van der Waals surface area contributed by atoms with Crippen LogP contribution in [0.1, 0.15) is 25.3 Å². The smallest absolute Gasteiger partial charge is 0.144 e. The number of benzene rings is 1. The van der Waals surface area contributed by atoms with Crippen molar-refractivity contribution in [1.29, 1.82) is 5.26 Å². The van der Waals surface area contributed by atoms with Crippen LogP contribution in [0.2, 0.25) is 0 Å². The van der Waals surface area contributed by atoms with Gasteiger partial charge >= 0.3 is 0 Å². The molecule has 1 aliphatic rings. The number of likely N-dealkylation sites (tertiary alicyclic amines) is 1. The number of hydrogen-bond acceptors (Lipinski definition) is 3. The molecule has 2 rings (SSSR count). The van der Waals surface area contributed by atoms with Crippen LogP contribution in [0.3, 0.4) is 0 Å². The molecule has 0 aromatic heterocycles. The van der Waals surface area contributed by atoms with Gasteiger partial charge in [0.2, 0.25) is 0 Å². The van der Waals surface area contributed by atoms with Crippen molar-refractivity contribution in [2.45, 2.75) is 25.9 Å². The Morgan fingerprint density at radius 2 is 2.32 bits per heavy atom. The predicted molar refractivity (Wildman–Crippen MR) is 71.4 cm³/mol. The molecule has 1 aliphatic heterocycles. The molecule has 2 atom stereocenters. The number of nitriles is 1. The lowest BCUT2D eigenvalue weighted by atomic mass is 9.93. The Bertz CT molecular complexity index is 484. The Morgan fingerprint density at radius 1 is 1.53 bits per heavy atom. The van der Waals surface area contributed by atoms with Gasteiger partial charge in [0.05, 0.1) is 6.10 Å². The van der Waals surface area contributed by atoms with E-state index >= 15 is 0 Å². The zero-order valence-electron chi connectivity index (χ0n) is 11.4. The maximum Gasteiger partial charge on any atom is 0.144 e. The first-order valence-corrected chi connectivity index (χ1v) is 6.65. The molecule has 0 amide bonds. The van der Waals surface area contributed by atoms with Crippen molar-refractivity contribution >= 4 is 0 Å². The maximum atomic E-state index is 13.5. The molecule has 1 aromatic rings. The third kappa shape index (κ3) is 3.24. The molecule has 102 valence electrons. The first-order chi connectivity index (χ1) is 9.11. The number of rotatable bonds is 3. The van der Waals surface area contributed by atoms with Crippen LogP contribution >= 0.6 is 0 Å². The molecule has 0 spiro atoms. The van der Waals surface area contributed by atoms with E-state index in [0.29, 0.717) is 11.7 Å². The van der Waals surface area contributed by atoms with Gasteiger partial charge in [-0.15, -0.1) is 0 Å². The van der Waals surface area contributed by atoms with Crippen LogP contribution in [-0.2, 0) is 0 Å². The zero-order chi connectivity index (χ0) is 13.8. The van der Waals surface area contributed by atoms with Crippen molar-refractivity contribution in [3.63, 3.8) is 0 Å². The van der Waals surface area contributed by atoms with Crippen molar-refractivity contribution in [3.8, 4) is 11.8 Å². The van der Waals surface area contributed by atoms with Crippen molar-refractivity contribution in [3.05, 3.63) is 29.6 Å². The average Bonchev–Trinajstić information content (AvgIpc) is 2.39. The van der Waals surface area contributed by atoms with Gasteiger partial charge in [0, 0.05) is 12.5 Å². The normalized spacial score (nSPS) is 21.7. The van der Waals surface area contributed by atoms with Crippen molar-refractivity contribution in [1.82, 2.24) is 4.90 Å². The second-order valence-corrected chi connectivity index (χ2v) is 5.21. The van der Waals surface area contributed by atoms with E-state index in [1.807, 2.05) is 13.0 Å². The van der Waals surface area contributed by atoms with Gasteiger partial charge in [0.15, 0.2) is 0 Å². The Hall–Kier alpha value is -1.60. The van der Waals surface area contributed by atoms with E-state index in [0.717, 1.165) is 25.9 Å². The summed E-state index contributed by atoms with van der Waals surface area (Å²) in [7, 11) is 2.10. The first kappa shape index (κ1) is 13.8. The summed E-state index contributed by atoms with van der Waals surface area (Å²) in [4.78, 5) is 2.28. The Balaban J connectivity index is 2.09. The summed E-state index contributed by atoms with van der Waals surface area (Å²) in [6.07, 6.45) is 2.25. The Labute approximate surface area is 113 Å². The minimum absolute atomic E-state index is 0.00138. The number of halogens is 1. The van der Waals surface area contributed by atoms with Gasteiger partial charge in [-0.2, -0.15) is 5.26 Å². The first-order valence-electron chi connectivity index (χ1n) is 6.65. The molecule has 1 aromatic carbocycles. The summed E-state index contributed by atoms with van der Waals surface area (Å²) in [5, 5.41) is 8.99. The second-order valence-electron chi connectivity index (χ2n) is 5.21. The van der Waals surface area contributed by atoms with E-state index < -0.39 is 5.82 Å². The molecule has 0 aliphatic carbocycles. The van der Waals surface area contributed by atoms with Crippen LogP contribution in [0.15, 0.2) is 18.2 Å². The number of nitrogens with zero attached hydrogens (tertiary/aromatic N) is 2. The van der Waals surface area contributed by atoms with Gasteiger partial charge in [0.1, 0.15) is 23.2 Å². The molecule has 2 unspecified atom stereocenters. The second kappa shape index (κ2) is 6.03. The molecular weight excluding hydrogens is 243 g/mol. The summed E-state index contributed by atoms with van der Waals surface area (Å²) in [6, 6.07) is 6.38. The van der Waals surface area contributed by atoms with Gasteiger partial charge in [-0.05, 0) is 45.5 Å². The van der Waals surface area contributed by atoms with Crippen molar-refractivity contribution in [2.75, 3.05) is 20.1 Å². The molecule has 4 heteroatoms. The maximum absolute atomic E-state index is 13.5. The van der Waals surface area contributed by atoms with Gasteiger partial charge < -0.3 is 9.64 Å². The van der Waals surface area contributed by atoms with Crippen molar-refractivity contribution in [2.24, 2.45) is 5.92 Å². The highest BCUT2D eigenvalue weighted by molar-refractivity contribution is 5.43. The summed E-state index contributed by atoms with van der Waals surface area (Å²) in [6.45, 7) is 4.10. The van der Waals surface area contributed by atoms with E-state index in [1.54, 1.807) is 12.1 Å². The number of piperidine rings is 1. The standard InChI is InChI=1S/C15H19FN2O/c1-11(12-5-4-8-18(2)10-12)19-15-7-3-6-14(16)13(15)9-17/h3,6-7,11-12H,4-5,8,10H2,1-2H3. The highest BCUT2D eigenvalue weighted by Gasteiger charge is 2.25. The summed E-state index contributed by atoms with van der Waals surface area (Å²) < 4.78 is 19.3. The minimum atomic E-state index is -0.520. The molecule has 0 saturated carbocycles. The number of hydrogen-bond donors (Lipinski definition) is 0. The highest BCUT2D eigenvalue weighted by Crippen LogP contribution is 2.26. The van der Waals surface area contributed by atoms with E-state index in [9.17, 15) is 4.39 Å². The largest absolute Gasteiger partial charge is 0.489 e. The van der Waals surface area contributed by atoms with Gasteiger partial charge in [0.25, 0.3) is 0 Å². The predicted octanol–water partition coefficient (Wildman–Crippen LogP) is 2.81. The molecule has 1 saturated heterocycles. The summed E-state index contributed by atoms with van der Waals surface area (Å²) >= 11 is 0.